The normalized spacial score (nSPS) is 11.4. The van der Waals surface area contributed by atoms with E-state index in [0.717, 1.165) is 0 Å². The summed E-state index contributed by atoms with van der Waals surface area (Å²) >= 11 is 0. The summed E-state index contributed by atoms with van der Waals surface area (Å²) < 4.78 is 4.89. The van der Waals surface area contributed by atoms with Gasteiger partial charge in [-0.1, -0.05) is 27.7 Å². The van der Waals surface area contributed by atoms with E-state index >= 15 is 0 Å². The molecule has 0 radical (unpaired) electrons. The summed E-state index contributed by atoms with van der Waals surface area (Å²) in [6.07, 6.45) is 0. The van der Waals surface area contributed by atoms with Crippen LogP contribution < -0.4 is 0 Å². The lowest BCUT2D eigenvalue weighted by Crippen LogP contribution is -2.28. The molecule has 0 heterocycles. The molecule has 0 aromatic carbocycles. The molecule has 0 fully saturated rings. The highest BCUT2D eigenvalue weighted by Gasteiger charge is 2.26. The van der Waals surface area contributed by atoms with Gasteiger partial charge in [-0.2, -0.15) is 0 Å². The highest BCUT2D eigenvalue weighted by molar-refractivity contribution is 5.72. The van der Waals surface area contributed by atoms with Crippen molar-refractivity contribution in [1.29, 1.82) is 0 Å². The van der Waals surface area contributed by atoms with Crippen LogP contribution in [0.5, 0.6) is 0 Å². The summed E-state index contributed by atoms with van der Waals surface area (Å²) in [7, 11) is 0. The minimum absolute atomic E-state index is 0.0634. The van der Waals surface area contributed by atoms with Crippen LogP contribution in [0.4, 0.5) is 0 Å². The third-order valence-electron chi connectivity index (χ3n) is 2.04. The molecule has 78 valence electrons. The van der Waals surface area contributed by atoms with Gasteiger partial charge in [-0.15, -0.1) is 0 Å². The average Bonchev–Trinajstić information content (AvgIpc) is 1.99. The Kier molecular flexibility index (Phi) is 5.71. The van der Waals surface area contributed by atoms with Gasteiger partial charge in [-0.25, -0.2) is 0 Å². The molecule has 1 N–H and O–H groups in total. The molecule has 0 saturated heterocycles. The molecule has 0 aliphatic rings. The molecule has 0 atom stereocenters. The molecule has 0 aromatic heterocycles. The summed E-state index contributed by atoms with van der Waals surface area (Å²) in [5, 5.41) is 8.50. The van der Waals surface area contributed by atoms with Crippen LogP contribution in [0.1, 0.15) is 27.7 Å². The van der Waals surface area contributed by atoms with Gasteiger partial charge in [0.1, 0.15) is 6.61 Å². The number of hydrogen-bond donors (Lipinski definition) is 1. The number of aliphatic hydroxyl groups excluding tert-OH is 1. The molecule has 3 nitrogen and oxygen atoms in total. The van der Waals surface area contributed by atoms with Gasteiger partial charge in [0.2, 0.25) is 0 Å². The molecule has 0 aromatic rings. The second kappa shape index (κ2) is 5.97. The van der Waals surface area contributed by atoms with Crippen LogP contribution in [0.15, 0.2) is 0 Å². The van der Waals surface area contributed by atoms with E-state index in [1.807, 2.05) is 27.7 Å². The number of esters is 1. The standard InChI is InChI=1S/C10H20O3/c1-7(2)9(8(3)4)10(12)13-6-5-11/h7-9,11H,5-6H2,1-4H3. The number of rotatable bonds is 5. The molecule has 3 heteroatoms. The molecular formula is C10H20O3. The minimum Gasteiger partial charge on any atom is -0.463 e. The fourth-order valence-corrected chi connectivity index (χ4v) is 1.56. The Morgan fingerprint density at radius 2 is 1.69 bits per heavy atom. The van der Waals surface area contributed by atoms with Crippen LogP contribution in [-0.4, -0.2) is 24.3 Å². The van der Waals surface area contributed by atoms with E-state index in [9.17, 15) is 4.79 Å². The van der Waals surface area contributed by atoms with E-state index < -0.39 is 0 Å². The molecule has 13 heavy (non-hydrogen) atoms. The van der Waals surface area contributed by atoms with Crippen molar-refractivity contribution >= 4 is 5.97 Å². The predicted octanol–water partition coefficient (Wildman–Crippen LogP) is 1.45. The molecule has 0 spiro atoms. The molecule has 0 unspecified atom stereocenters. The monoisotopic (exact) mass is 188 g/mol. The van der Waals surface area contributed by atoms with Crippen LogP contribution in [0.3, 0.4) is 0 Å². The average molecular weight is 188 g/mol. The lowest BCUT2D eigenvalue weighted by atomic mass is 9.86. The van der Waals surface area contributed by atoms with Crippen molar-refractivity contribution in [3.63, 3.8) is 0 Å². The highest BCUT2D eigenvalue weighted by Crippen LogP contribution is 2.21. The maximum atomic E-state index is 11.5. The summed E-state index contributed by atoms with van der Waals surface area (Å²) in [6.45, 7) is 8.02. The maximum Gasteiger partial charge on any atom is 0.309 e. The van der Waals surface area contributed by atoms with Crippen molar-refractivity contribution in [2.45, 2.75) is 27.7 Å². The number of carbonyl (C=O) groups is 1. The predicted molar refractivity (Wildman–Crippen MR) is 51.2 cm³/mol. The molecule has 0 amide bonds. The van der Waals surface area contributed by atoms with Crippen LogP contribution in [0.2, 0.25) is 0 Å². The van der Waals surface area contributed by atoms with E-state index in [-0.39, 0.29) is 36.9 Å². The molecule has 0 saturated carbocycles. The third kappa shape index (κ3) is 4.27. The summed E-state index contributed by atoms with van der Waals surface area (Å²) in [4.78, 5) is 11.5. The van der Waals surface area contributed by atoms with Crippen molar-refractivity contribution in [2.24, 2.45) is 17.8 Å². The van der Waals surface area contributed by atoms with Crippen molar-refractivity contribution in [3.05, 3.63) is 0 Å². The number of hydrogen-bond acceptors (Lipinski definition) is 3. The summed E-state index contributed by atoms with van der Waals surface area (Å²) in [5.41, 5.74) is 0. The quantitative estimate of drug-likeness (QED) is 0.664. The zero-order valence-corrected chi connectivity index (χ0v) is 8.91. The van der Waals surface area contributed by atoms with Crippen LogP contribution in [-0.2, 0) is 9.53 Å². The van der Waals surface area contributed by atoms with E-state index in [1.54, 1.807) is 0 Å². The first kappa shape index (κ1) is 12.4. The van der Waals surface area contributed by atoms with Gasteiger partial charge in [-0.05, 0) is 11.8 Å². The zero-order valence-electron chi connectivity index (χ0n) is 8.91. The number of carbonyl (C=O) groups excluding carboxylic acids is 1. The Morgan fingerprint density at radius 1 is 1.23 bits per heavy atom. The second-order valence-corrected chi connectivity index (χ2v) is 3.90. The van der Waals surface area contributed by atoms with Crippen molar-refractivity contribution < 1.29 is 14.6 Å². The Hall–Kier alpha value is -0.570. The molecule has 0 aliphatic heterocycles. The Bertz CT molecular complexity index is 144. The fraction of sp³-hybridized carbons (Fsp3) is 0.900. The van der Waals surface area contributed by atoms with E-state index in [1.165, 1.54) is 0 Å². The van der Waals surface area contributed by atoms with E-state index in [2.05, 4.69) is 0 Å². The SMILES string of the molecule is CC(C)C(C(=O)OCCO)C(C)C. The van der Waals surface area contributed by atoms with Crippen LogP contribution in [0, 0.1) is 17.8 Å². The summed E-state index contributed by atoms with van der Waals surface area (Å²) in [6, 6.07) is 0. The molecule has 0 rings (SSSR count). The fourth-order valence-electron chi connectivity index (χ4n) is 1.56. The maximum absolute atomic E-state index is 11.5. The van der Waals surface area contributed by atoms with Gasteiger partial charge in [0.15, 0.2) is 0 Å². The molecule has 0 aliphatic carbocycles. The van der Waals surface area contributed by atoms with Gasteiger partial charge in [0.05, 0.1) is 12.5 Å². The van der Waals surface area contributed by atoms with Gasteiger partial charge in [0.25, 0.3) is 0 Å². The first-order valence-electron chi connectivity index (χ1n) is 4.78. The van der Waals surface area contributed by atoms with E-state index in [0.29, 0.717) is 0 Å². The highest BCUT2D eigenvalue weighted by atomic mass is 16.5. The second-order valence-electron chi connectivity index (χ2n) is 3.90. The first-order chi connectivity index (χ1) is 6.00. The zero-order chi connectivity index (χ0) is 10.4. The smallest absolute Gasteiger partial charge is 0.309 e. The van der Waals surface area contributed by atoms with Gasteiger partial charge in [0, 0.05) is 0 Å². The lowest BCUT2D eigenvalue weighted by Gasteiger charge is -2.22. The lowest BCUT2D eigenvalue weighted by molar-refractivity contribution is -0.152. The molecular weight excluding hydrogens is 168 g/mol. The van der Waals surface area contributed by atoms with Gasteiger partial charge < -0.3 is 9.84 Å². The van der Waals surface area contributed by atoms with E-state index in [4.69, 9.17) is 9.84 Å². The van der Waals surface area contributed by atoms with Gasteiger partial charge in [-0.3, -0.25) is 4.79 Å². The molecule has 0 bridgehead atoms. The number of ether oxygens (including phenoxy) is 1. The van der Waals surface area contributed by atoms with Crippen LogP contribution >= 0.6 is 0 Å². The van der Waals surface area contributed by atoms with Crippen molar-refractivity contribution in [2.75, 3.05) is 13.2 Å². The minimum atomic E-state index is -0.195. The Balaban J connectivity index is 4.13. The number of aliphatic hydroxyl groups is 1. The Morgan fingerprint density at radius 3 is 2.00 bits per heavy atom. The largest absolute Gasteiger partial charge is 0.463 e. The topological polar surface area (TPSA) is 46.5 Å². The van der Waals surface area contributed by atoms with Crippen LogP contribution in [0.25, 0.3) is 0 Å². The van der Waals surface area contributed by atoms with Crippen molar-refractivity contribution in [1.82, 2.24) is 0 Å². The Labute approximate surface area is 80.1 Å². The van der Waals surface area contributed by atoms with Crippen molar-refractivity contribution in [3.8, 4) is 0 Å². The summed E-state index contributed by atoms with van der Waals surface area (Å²) in [5.74, 6) is 0.308. The third-order valence-corrected chi connectivity index (χ3v) is 2.04. The first-order valence-corrected chi connectivity index (χ1v) is 4.78. The van der Waals surface area contributed by atoms with Gasteiger partial charge >= 0.3 is 5.97 Å².